The molecule has 9 nitrogen and oxygen atoms in total. The molecule has 0 saturated heterocycles. The summed E-state index contributed by atoms with van der Waals surface area (Å²) in [5, 5.41) is 19.7. The Balaban J connectivity index is 1.56. The smallest absolute Gasteiger partial charge is 0.307 e. The first-order valence-corrected chi connectivity index (χ1v) is 10.9. The standard InChI is InChI=1S/C23H28N4O5/c1-4-27-11-16(20(26-27)22(29)24-10-13-6-5-9-32-13)25-21(28)18-14-7-8-15(17(14)12(2)3)19(18)23(30)31/h5-6,9,11,14-15,18-19H,4,7-8,10H2,1-3H3,(H,24,29)(H,25,28)(H,30,31)/t14-,15+,18-,19-/m0/s1. The molecule has 4 atom stereocenters. The number of hydrogen-bond acceptors (Lipinski definition) is 5. The van der Waals surface area contributed by atoms with E-state index in [0.29, 0.717) is 12.3 Å². The highest BCUT2D eigenvalue weighted by molar-refractivity contribution is 6.03. The molecule has 9 heteroatoms. The second kappa shape index (κ2) is 8.64. The maximum Gasteiger partial charge on any atom is 0.307 e. The van der Waals surface area contributed by atoms with Crippen LogP contribution in [0.25, 0.3) is 0 Å². The Morgan fingerprint density at radius 3 is 2.53 bits per heavy atom. The summed E-state index contributed by atoms with van der Waals surface area (Å²) in [6, 6.07) is 3.48. The number of nitrogens with one attached hydrogen (secondary N) is 2. The van der Waals surface area contributed by atoms with Crippen molar-refractivity contribution in [3.05, 3.63) is 47.2 Å². The quantitative estimate of drug-likeness (QED) is 0.568. The zero-order valence-corrected chi connectivity index (χ0v) is 18.4. The monoisotopic (exact) mass is 440 g/mol. The number of carboxylic acids is 1. The van der Waals surface area contributed by atoms with Crippen molar-refractivity contribution in [2.24, 2.45) is 23.7 Å². The van der Waals surface area contributed by atoms with Crippen LogP contribution in [0.1, 0.15) is 49.9 Å². The zero-order valence-electron chi connectivity index (χ0n) is 18.4. The van der Waals surface area contributed by atoms with E-state index in [0.717, 1.165) is 24.0 Å². The van der Waals surface area contributed by atoms with E-state index in [4.69, 9.17) is 4.42 Å². The number of anilines is 1. The highest BCUT2D eigenvalue weighted by atomic mass is 16.4. The number of aryl methyl sites for hydroxylation is 1. The number of allylic oxidation sites excluding steroid dienone is 2. The molecule has 2 fully saturated rings. The van der Waals surface area contributed by atoms with Gasteiger partial charge in [0.2, 0.25) is 5.91 Å². The van der Waals surface area contributed by atoms with Gasteiger partial charge in [0, 0.05) is 12.7 Å². The maximum absolute atomic E-state index is 13.3. The van der Waals surface area contributed by atoms with Crippen LogP contribution in [0, 0.1) is 23.7 Å². The van der Waals surface area contributed by atoms with Crippen molar-refractivity contribution in [2.45, 2.75) is 46.7 Å². The number of aromatic nitrogens is 2. The molecular formula is C23H28N4O5. The number of nitrogens with zero attached hydrogens (tertiary/aromatic N) is 2. The fourth-order valence-corrected chi connectivity index (χ4v) is 5.33. The Hall–Kier alpha value is -3.36. The third kappa shape index (κ3) is 3.83. The highest BCUT2D eigenvalue weighted by Crippen LogP contribution is 2.57. The van der Waals surface area contributed by atoms with Crippen molar-refractivity contribution in [1.82, 2.24) is 15.1 Å². The van der Waals surface area contributed by atoms with E-state index in [1.807, 2.05) is 20.8 Å². The summed E-state index contributed by atoms with van der Waals surface area (Å²) in [6.07, 6.45) is 4.72. The molecular weight excluding hydrogens is 412 g/mol. The molecule has 0 aromatic carbocycles. The van der Waals surface area contributed by atoms with E-state index in [2.05, 4.69) is 15.7 Å². The molecule has 2 amide bonds. The fourth-order valence-electron chi connectivity index (χ4n) is 5.33. The van der Waals surface area contributed by atoms with Gasteiger partial charge in [-0.3, -0.25) is 19.1 Å². The van der Waals surface area contributed by atoms with Crippen LogP contribution in [0.5, 0.6) is 0 Å². The van der Waals surface area contributed by atoms with Crippen molar-refractivity contribution in [1.29, 1.82) is 0 Å². The molecule has 0 spiro atoms. The van der Waals surface area contributed by atoms with Crippen molar-refractivity contribution >= 4 is 23.5 Å². The lowest BCUT2D eigenvalue weighted by Gasteiger charge is -2.26. The lowest BCUT2D eigenvalue weighted by atomic mass is 9.78. The third-order valence-electron chi connectivity index (χ3n) is 6.57. The van der Waals surface area contributed by atoms with Gasteiger partial charge in [-0.2, -0.15) is 5.10 Å². The van der Waals surface area contributed by atoms with Crippen LogP contribution < -0.4 is 10.6 Å². The summed E-state index contributed by atoms with van der Waals surface area (Å²) in [7, 11) is 0. The zero-order chi connectivity index (χ0) is 23.0. The van der Waals surface area contributed by atoms with Crippen LogP contribution in [0.15, 0.2) is 40.2 Å². The minimum Gasteiger partial charge on any atom is -0.481 e. The summed E-state index contributed by atoms with van der Waals surface area (Å²) in [6.45, 7) is 6.54. The number of rotatable bonds is 7. The molecule has 2 saturated carbocycles. The normalized spacial score (nSPS) is 23.9. The topological polar surface area (TPSA) is 126 Å². The van der Waals surface area contributed by atoms with Crippen molar-refractivity contribution < 1.29 is 23.9 Å². The Labute approximate surface area is 185 Å². The van der Waals surface area contributed by atoms with Gasteiger partial charge in [-0.25, -0.2) is 0 Å². The Bertz CT molecular complexity index is 1060. The third-order valence-corrected chi connectivity index (χ3v) is 6.57. The molecule has 2 aromatic heterocycles. The summed E-state index contributed by atoms with van der Waals surface area (Å²) >= 11 is 0. The van der Waals surface area contributed by atoms with Gasteiger partial charge in [0.05, 0.1) is 30.3 Å². The van der Waals surface area contributed by atoms with Crippen molar-refractivity contribution in [2.75, 3.05) is 5.32 Å². The van der Waals surface area contributed by atoms with Crippen LogP contribution in [-0.2, 0) is 22.7 Å². The number of carboxylic acid groups (broad SMARTS) is 1. The van der Waals surface area contributed by atoms with Crippen LogP contribution in [0.4, 0.5) is 5.69 Å². The lowest BCUT2D eigenvalue weighted by molar-refractivity contribution is -0.148. The van der Waals surface area contributed by atoms with Crippen LogP contribution >= 0.6 is 0 Å². The van der Waals surface area contributed by atoms with E-state index in [1.165, 1.54) is 6.26 Å². The molecule has 3 N–H and O–H groups in total. The van der Waals surface area contributed by atoms with E-state index in [9.17, 15) is 19.5 Å². The molecule has 32 heavy (non-hydrogen) atoms. The predicted molar refractivity (Wildman–Crippen MR) is 116 cm³/mol. The minimum atomic E-state index is -0.947. The second-order valence-corrected chi connectivity index (χ2v) is 8.63. The molecule has 0 unspecified atom stereocenters. The van der Waals surface area contributed by atoms with E-state index < -0.39 is 23.7 Å². The molecule has 2 aliphatic carbocycles. The largest absolute Gasteiger partial charge is 0.481 e. The molecule has 2 heterocycles. The number of furan rings is 1. The van der Waals surface area contributed by atoms with Gasteiger partial charge >= 0.3 is 5.97 Å². The first-order valence-electron chi connectivity index (χ1n) is 10.9. The van der Waals surface area contributed by atoms with Gasteiger partial charge in [0.25, 0.3) is 5.91 Å². The lowest BCUT2D eigenvalue weighted by Crippen LogP contribution is -2.38. The summed E-state index contributed by atoms with van der Waals surface area (Å²) < 4.78 is 6.79. The molecule has 2 aliphatic rings. The fraction of sp³-hybridized carbons (Fsp3) is 0.478. The van der Waals surface area contributed by atoms with Gasteiger partial charge in [0.15, 0.2) is 5.69 Å². The van der Waals surface area contributed by atoms with Crippen molar-refractivity contribution in [3.63, 3.8) is 0 Å². The SMILES string of the molecule is CCn1cc(NC(=O)[C@@H]2[C@@H](C(=O)O)[C@@H]3CC[C@H]2C3=C(C)C)c(C(=O)NCc2ccco2)n1. The molecule has 170 valence electrons. The molecule has 0 radical (unpaired) electrons. The maximum atomic E-state index is 13.3. The number of carbonyl (C=O) groups is 3. The summed E-state index contributed by atoms with van der Waals surface area (Å²) in [4.78, 5) is 38.1. The molecule has 4 rings (SSSR count). The van der Waals surface area contributed by atoms with Gasteiger partial charge in [-0.15, -0.1) is 0 Å². The van der Waals surface area contributed by atoms with E-state index >= 15 is 0 Å². The Kier molecular flexibility index (Phi) is 5.90. The molecule has 0 aliphatic heterocycles. The second-order valence-electron chi connectivity index (χ2n) is 8.63. The van der Waals surface area contributed by atoms with Gasteiger partial charge in [-0.1, -0.05) is 11.1 Å². The van der Waals surface area contributed by atoms with Crippen LogP contribution in [0.2, 0.25) is 0 Å². The highest BCUT2D eigenvalue weighted by Gasteiger charge is 2.57. The van der Waals surface area contributed by atoms with E-state index in [1.54, 1.807) is 23.0 Å². The summed E-state index contributed by atoms with van der Waals surface area (Å²) in [5.41, 5.74) is 2.57. The number of carbonyl (C=O) groups excluding carboxylic acids is 2. The first-order chi connectivity index (χ1) is 15.3. The number of fused-ring (bicyclic) bond motifs is 2. The Morgan fingerprint density at radius 2 is 1.94 bits per heavy atom. The number of hydrogen-bond donors (Lipinski definition) is 3. The average Bonchev–Trinajstić information content (AvgIpc) is 3.53. The molecule has 2 aromatic rings. The number of amides is 2. The Morgan fingerprint density at radius 1 is 1.22 bits per heavy atom. The molecule has 2 bridgehead atoms. The summed E-state index contributed by atoms with van der Waals surface area (Å²) in [5.74, 6) is -2.78. The van der Waals surface area contributed by atoms with Gasteiger partial charge < -0.3 is 20.2 Å². The minimum absolute atomic E-state index is 0.0800. The van der Waals surface area contributed by atoms with Crippen molar-refractivity contribution in [3.8, 4) is 0 Å². The van der Waals surface area contributed by atoms with E-state index in [-0.39, 0.29) is 35.7 Å². The van der Waals surface area contributed by atoms with Crippen LogP contribution in [-0.4, -0.2) is 32.7 Å². The van der Waals surface area contributed by atoms with Crippen LogP contribution in [0.3, 0.4) is 0 Å². The van der Waals surface area contributed by atoms with Gasteiger partial charge in [-0.05, 0) is 57.6 Å². The number of aliphatic carboxylic acids is 1. The first kappa shape index (κ1) is 21.9. The van der Waals surface area contributed by atoms with Gasteiger partial charge in [0.1, 0.15) is 5.76 Å². The predicted octanol–water partition coefficient (Wildman–Crippen LogP) is 3.06. The average molecular weight is 441 g/mol.